The molecule has 0 bridgehead atoms. The van der Waals surface area contributed by atoms with Gasteiger partial charge in [0.1, 0.15) is 11.5 Å². The van der Waals surface area contributed by atoms with Gasteiger partial charge in [-0.1, -0.05) is 24.3 Å². The minimum absolute atomic E-state index is 0.104. The molecule has 3 aromatic rings. The van der Waals surface area contributed by atoms with Crippen LogP contribution in [0.5, 0.6) is 11.5 Å². The molecule has 126 valence electrons. The fraction of sp³-hybridized carbons (Fsp3) is 0. The summed E-state index contributed by atoms with van der Waals surface area (Å²) in [7, 11) is 0. The van der Waals surface area contributed by atoms with Crippen molar-refractivity contribution in [1.82, 2.24) is 5.43 Å². The molecule has 3 aromatic carbocycles. The number of benzene rings is 3. The number of hydrogen-bond acceptors (Lipinski definition) is 4. The minimum Gasteiger partial charge on any atom is -0.507 e. The molecule has 0 fully saturated rings. The number of phenols is 2. The second-order valence-corrected chi connectivity index (χ2v) is 7.65. The van der Waals surface area contributed by atoms with Gasteiger partial charge in [0.2, 0.25) is 0 Å². The van der Waals surface area contributed by atoms with Crippen molar-refractivity contribution < 1.29 is 15.0 Å². The zero-order valence-corrected chi connectivity index (χ0v) is 17.0. The van der Waals surface area contributed by atoms with E-state index in [0.29, 0.717) is 9.13 Å². The lowest BCUT2D eigenvalue weighted by molar-refractivity contribution is 0.0952. The highest BCUT2D eigenvalue weighted by molar-refractivity contribution is 14.1. The second kappa shape index (κ2) is 7.56. The molecule has 0 saturated carbocycles. The predicted octanol–water partition coefficient (Wildman–Crippen LogP) is 4.22. The number of hydrogen-bond donors (Lipinski definition) is 3. The average molecular weight is 558 g/mol. The van der Waals surface area contributed by atoms with Gasteiger partial charge in [0.15, 0.2) is 0 Å². The molecular weight excluding hydrogens is 546 g/mol. The molecule has 0 atom stereocenters. The minimum atomic E-state index is -0.528. The molecule has 5 nitrogen and oxygen atoms in total. The monoisotopic (exact) mass is 558 g/mol. The predicted molar refractivity (Wildman–Crippen MR) is 114 cm³/mol. The Kier molecular flexibility index (Phi) is 5.42. The number of phenolic OH excluding ortho intramolecular Hbond substituents is 2. The molecule has 0 aliphatic heterocycles. The van der Waals surface area contributed by atoms with E-state index in [-0.39, 0.29) is 17.1 Å². The van der Waals surface area contributed by atoms with E-state index in [1.54, 1.807) is 18.2 Å². The molecule has 0 aromatic heterocycles. The number of carbonyl (C=O) groups excluding carboxylic acids is 1. The Hall–Kier alpha value is -1.88. The third-order valence-corrected chi connectivity index (χ3v) is 4.98. The van der Waals surface area contributed by atoms with E-state index in [2.05, 4.69) is 33.1 Å². The van der Waals surface area contributed by atoms with Gasteiger partial charge in [0.25, 0.3) is 5.91 Å². The van der Waals surface area contributed by atoms with E-state index in [0.717, 1.165) is 14.3 Å². The fourth-order valence-corrected chi connectivity index (χ4v) is 4.20. The Morgan fingerprint density at radius 1 is 1.04 bits per heavy atom. The van der Waals surface area contributed by atoms with E-state index < -0.39 is 5.91 Å². The van der Waals surface area contributed by atoms with E-state index in [1.165, 1.54) is 6.21 Å². The number of amides is 1. The summed E-state index contributed by atoms with van der Waals surface area (Å²) in [6.45, 7) is 0. The molecule has 3 N–H and O–H groups in total. The summed E-state index contributed by atoms with van der Waals surface area (Å²) in [5.74, 6) is -0.537. The Bertz CT molecular complexity index is 1000. The summed E-state index contributed by atoms with van der Waals surface area (Å²) in [4.78, 5) is 12.3. The number of aromatic hydroxyl groups is 2. The smallest absolute Gasteiger partial charge is 0.275 e. The first-order valence-electron chi connectivity index (χ1n) is 7.19. The van der Waals surface area contributed by atoms with E-state index in [1.807, 2.05) is 52.9 Å². The molecule has 0 saturated heterocycles. The maximum Gasteiger partial charge on any atom is 0.275 e. The lowest BCUT2D eigenvalue weighted by Crippen LogP contribution is -2.17. The first-order chi connectivity index (χ1) is 12.0. The normalized spacial score (nSPS) is 11.1. The maximum atomic E-state index is 12.3. The van der Waals surface area contributed by atoms with Gasteiger partial charge in [0.05, 0.1) is 15.3 Å². The molecular formula is C18H12I2N2O3. The van der Waals surface area contributed by atoms with Crippen molar-refractivity contribution in [3.63, 3.8) is 0 Å². The average Bonchev–Trinajstić information content (AvgIpc) is 2.58. The topological polar surface area (TPSA) is 81.9 Å². The van der Waals surface area contributed by atoms with Crippen LogP contribution < -0.4 is 5.43 Å². The van der Waals surface area contributed by atoms with Crippen molar-refractivity contribution in [3.8, 4) is 11.5 Å². The van der Waals surface area contributed by atoms with Gasteiger partial charge in [-0.05, 0) is 80.2 Å². The zero-order valence-electron chi connectivity index (χ0n) is 12.7. The van der Waals surface area contributed by atoms with Gasteiger partial charge in [-0.3, -0.25) is 4.79 Å². The molecule has 0 heterocycles. The van der Waals surface area contributed by atoms with Crippen molar-refractivity contribution in [2.45, 2.75) is 0 Å². The zero-order chi connectivity index (χ0) is 18.0. The van der Waals surface area contributed by atoms with Crippen LogP contribution in [0, 0.1) is 7.14 Å². The molecule has 7 heteroatoms. The second-order valence-electron chi connectivity index (χ2n) is 5.24. The number of hydrazone groups is 1. The summed E-state index contributed by atoms with van der Waals surface area (Å²) in [6.07, 6.45) is 1.37. The number of carbonyl (C=O) groups is 1. The SMILES string of the molecule is O=C(N/N=C/c1cc(I)cc(I)c1O)c1cc2ccccc2cc1O. The van der Waals surface area contributed by atoms with Crippen LogP contribution in [0.15, 0.2) is 53.6 Å². The Labute approximate surface area is 171 Å². The molecule has 0 aliphatic carbocycles. The quantitative estimate of drug-likeness (QED) is 0.256. The van der Waals surface area contributed by atoms with Crippen molar-refractivity contribution >= 4 is 68.1 Å². The van der Waals surface area contributed by atoms with Crippen molar-refractivity contribution in [1.29, 1.82) is 0 Å². The highest BCUT2D eigenvalue weighted by Crippen LogP contribution is 2.26. The highest BCUT2D eigenvalue weighted by atomic mass is 127. The number of halogens is 2. The highest BCUT2D eigenvalue weighted by Gasteiger charge is 2.12. The molecule has 3 rings (SSSR count). The van der Waals surface area contributed by atoms with Gasteiger partial charge in [-0.25, -0.2) is 5.43 Å². The van der Waals surface area contributed by atoms with Crippen LogP contribution in [-0.4, -0.2) is 22.3 Å². The van der Waals surface area contributed by atoms with E-state index in [4.69, 9.17) is 0 Å². The van der Waals surface area contributed by atoms with Gasteiger partial charge >= 0.3 is 0 Å². The van der Waals surface area contributed by atoms with Crippen LogP contribution in [0.1, 0.15) is 15.9 Å². The van der Waals surface area contributed by atoms with Crippen LogP contribution in [-0.2, 0) is 0 Å². The van der Waals surface area contributed by atoms with Crippen molar-refractivity contribution in [2.75, 3.05) is 0 Å². The standard InChI is InChI=1S/C18H12I2N2O3/c19-13-5-12(17(24)15(20)8-13)9-21-22-18(25)14-6-10-3-1-2-4-11(10)7-16(14)23/h1-9,23-24H,(H,22,25)/b21-9+. The van der Waals surface area contributed by atoms with E-state index >= 15 is 0 Å². The largest absolute Gasteiger partial charge is 0.507 e. The number of nitrogens with one attached hydrogen (secondary N) is 1. The maximum absolute atomic E-state index is 12.3. The molecule has 1 amide bonds. The van der Waals surface area contributed by atoms with Crippen LogP contribution in [0.25, 0.3) is 10.8 Å². The number of rotatable bonds is 3. The molecule has 0 unspecified atom stereocenters. The Morgan fingerprint density at radius 3 is 2.44 bits per heavy atom. The van der Waals surface area contributed by atoms with Crippen molar-refractivity contribution in [2.24, 2.45) is 5.10 Å². The molecule has 25 heavy (non-hydrogen) atoms. The summed E-state index contributed by atoms with van der Waals surface area (Å²) < 4.78 is 1.64. The van der Waals surface area contributed by atoms with Gasteiger partial charge in [-0.2, -0.15) is 5.10 Å². The lowest BCUT2D eigenvalue weighted by Gasteiger charge is -2.06. The van der Waals surface area contributed by atoms with Gasteiger partial charge in [-0.15, -0.1) is 0 Å². The summed E-state index contributed by atoms with van der Waals surface area (Å²) in [5, 5.41) is 25.6. The molecule has 0 aliphatic rings. The molecule has 0 spiro atoms. The van der Waals surface area contributed by atoms with Crippen LogP contribution >= 0.6 is 45.2 Å². The van der Waals surface area contributed by atoms with Crippen molar-refractivity contribution in [3.05, 3.63) is 66.8 Å². The van der Waals surface area contributed by atoms with Crippen LogP contribution in [0.3, 0.4) is 0 Å². The Morgan fingerprint density at radius 2 is 1.72 bits per heavy atom. The number of fused-ring (bicyclic) bond motifs is 1. The third kappa shape index (κ3) is 4.03. The Balaban J connectivity index is 1.82. The first-order valence-corrected chi connectivity index (χ1v) is 9.34. The van der Waals surface area contributed by atoms with E-state index in [9.17, 15) is 15.0 Å². The fourth-order valence-electron chi connectivity index (χ4n) is 2.32. The van der Waals surface area contributed by atoms with Gasteiger partial charge < -0.3 is 10.2 Å². The van der Waals surface area contributed by atoms with Crippen LogP contribution in [0.4, 0.5) is 0 Å². The van der Waals surface area contributed by atoms with Gasteiger partial charge in [0, 0.05) is 9.13 Å². The third-order valence-electron chi connectivity index (χ3n) is 3.54. The van der Waals surface area contributed by atoms with Crippen LogP contribution in [0.2, 0.25) is 0 Å². The summed E-state index contributed by atoms with van der Waals surface area (Å²) >= 11 is 4.16. The first kappa shape index (κ1) is 17.9. The molecule has 0 radical (unpaired) electrons. The summed E-state index contributed by atoms with van der Waals surface area (Å²) in [5.41, 5.74) is 3.01. The lowest BCUT2D eigenvalue weighted by atomic mass is 10.1. The summed E-state index contributed by atoms with van der Waals surface area (Å²) in [6, 6.07) is 14.2. The number of nitrogens with zero attached hydrogens (tertiary/aromatic N) is 1.